The van der Waals surface area contributed by atoms with Gasteiger partial charge in [-0.2, -0.15) is 0 Å². The Morgan fingerprint density at radius 3 is 2.05 bits per heavy atom. The zero-order valence-corrected chi connectivity index (χ0v) is 12.5. The summed E-state index contributed by atoms with van der Waals surface area (Å²) in [6.07, 6.45) is 4.52. The van der Waals surface area contributed by atoms with Crippen molar-refractivity contribution in [3.63, 3.8) is 0 Å². The van der Waals surface area contributed by atoms with Crippen molar-refractivity contribution >= 4 is 21.8 Å². The predicted molar refractivity (Wildman–Crippen MR) is 70.4 cm³/mol. The number of esters is 2. The first-order valence-electron chi connectivity index (χ1n) is 6.16. The largest absolute Gasteiger partial charge is 0.469 e. The third kappa shape index (κ3) is 7.81. The highest BCUT2D eigenvalue weighted by molar-refractivity contribution is 7.92. The average Bonchev–Trinajstić information content (AvgIpc) is 2.35. The van der Waals surface area contributed by atoms with E-state index >= 15 is 0 Å². The molecule has 7 heteroatoms. The number of unbranched alkanes of at least 4 members (excludes halogenated alkanes) is 3. The van der Waals surface area contributed by atoms with Gasteiger partial charge in [-0.1, -0.05) is 19.3 Å². The van der Waals surface area contributed by atoms with Crippen LogP contribution in [0.2, 0.25) is 0 Å². The molecule has 0 saturated carbocycles. The van der Waals surface area contributed by atoms with Gasteiger partial charge in [0, 0.05) is 12.7 Å². The number of ether oxygens (including phenoxy) is 2. The molecule has 0 amide bonds. The van der Waals surface area contributed by atoms with Crippen LogP contribution in [-0.4, -0.2) is 46.1 Å². The van der Waals surface area contributed by atoms with Crippen LogP contribution in [-0.2, 0) is 28.9 Å². The van der Waals surface area contributed by atoms with E-state index in [2.05, 4.69) is 9.47 Å². The molecule has 0 aliphatic rings. The van der Waals surface area contributed by atoms with Crippen molar-refractivity contribution in [3.05, 3.63) is 0 Å². The van der Waals surface area contributed by atoms with Crippen molar-refractivity contribution in [2.45, 2.75) is 43.8 Å². The van der Waals surface area contributed by atoms with Gasteiger partial charge >= 0.3 is 11.9 Å². The summed E-state index contributed by atoms with van der Waals surface area (Å²) in [6.45, 7) is 0. The lowest BCUT2D eigenvalue weighted by molar-refractivity contribution is -0.141. The molecule has 0 bridgehead atoms. The Morgan fingerprint density at radius 1 is 1.00 bits per heavy atom. The lowest BCUT2D eigenvalue weighted by atomic mass is 10.1. The van der Waals surface area contributed by atoms with Gasteiger partial charge < -0.3 is 9.47 Å². The normalized spacial score (nSPS) is 12.8. The second-order valence-electron chi connectivity index (χ2n) is 4.37. The summed E-state index contributed by atoms with van der Waals surface area (Å²) in [4.78, 5) is 22.2. The SMILES string of the molecule is COC(=O)CCCCCCC(C(=O)OC)S(C)(=O)=O. The molecule has 1 unspecified atom stereocenters. The summed E-state index contributed by atoms with van der Waals surface area (Å²) in [5.41, 5.74) is 0. The van der Waals surface area contributed by atoms with Crippen LogP contribution in [0.4, 0.5) is 0 Å². The maximum absolute atomic E-state index is 11.4. The summed E-state index contributed by atoms with van der Waals surface area (Å²) < 4.78 is 31.8. The van der Waals surface area contributed by atoms with Crippen molar-refractivity contribution in [2.75, 3.05) is 20.5 Å². The Bertz CT molecular complexity index is 387. The summed E-state index contributed by atoms with van der Waals surface area (Å²) in [6, 6.07) is 0. The van der Waals surface area contributed by atoms with E-state index in [9.17, 15) is 18.0 Å². The molecule has 19 heavy (non-hydrogen) atoms. The molecule has 0 aromatic carbocycles. The maximum Gasteiger partial charge on any atom is 0.324 e. The molecule has 0 aromatic heterocycles. The molecule has 0 spiro atoms. The van der Waals surface area contributed by atoms with Crippen molar-refractivity contribution in [2.24, 2.45) is 0 Å². The Hall–Kier alpha value is -1.11. The molecule has 0 heterocycles. The van der Waals surface area contributed by atoms with Crippen molar-refractivity contribution in [3.8, 4) is 0 Å². The first-order valence-corrected chi connectivity index (χ1v) is 8.12. The maximum atomic E-state index is 11.4. The number of carbonyl (C=O) groups is 2. The van der Waals surface area contributed by atoms with E-state index in [4.69, 9.17) is 0 Å². The summed E-state index contributed by atoms with van der Waals surface area (Å²) in [7, 11) is -0.915. The van der Waals surface area contributed by atoms with Gasteiger partial charge in [-0.05, 0) is 12.8 Å². The van der Waals surface area contributed by atoms with Crippen LogP contribution in [0, 0.1) is 0 Å². The van der Waals surface area contributed by atoms with Gasteiger partial charge in [0.15, 0.2) is 15.1 Å². The van der Waals surface area contributed by atoms with Gasteiger partial charge in [-0.15, -0.1) is 0 Å². The van der Waals surface area contributed by atoms with E-state index < -0.39 is 21.1 Å². The lowest BCUT2D eigenvalue weighted by Crippen LogP contribution is -2.30. The van der Waals surface area contributed by atoms with E-state index in [-0.39, 0.29) is 12.4 Å². The minimum absolute atomic E-state index is 0.247. The van der Waals surface area contributed by atoms with Gasteiger partial charge in [0.25, 0.3) is 0 Å². The standard InChI is InChI=1S/C12H22O6S/c1-17-11(13)9-7-5-4-6-8-10(12(14)18-2)19(3,15)16/h10H,4-9H2,1-3H3. The van der Waals surface area contributed by atoms with E-state index in [0.29, 0.717) is 19.3 Å². The van der Waals surface area contributed by atoms with Gasteiger partial charge in [-0.3, -0.25) is 9.59 Å². The number of rotatable bonds is 9. The average molecular weight is 294 g/mol. The highest BCUT2D eigenvalue weighted by Gasteiger charge is 2.28. The fourth-order valence-electron chi connectivity index (χ4n) is 1.69. The first kappa shape index (κ1) is 17.9. The van der Waals surface area contributed by atoms with Crippen LogP contribution in [0.25, 0.3) is 0 Å². The molecular formula is C12H22O6S. The van der Waals surface area contributed by atoms with E-state index in [1.54, 1.807) is 0 Å². The second kappa shape index (κ2) is 8.90. The fourth-order valence-corrected chi connectivity index (χ4v) is 2.73. The minimum atomic E-state index is -3.44. The molecule has 0 N–H and O–H groups in total. The third-order valence-corrected chi connectivity index (χ3v) is 4.27. The topological polar surface area (TPSA) is 86.7 Å². The molecule has 0 rings (SSSR count). The highest BCUT2D eigenvalue weighted by Crippen LogP contribution is 2.13. The minimum Gasteiger partial charge on any atom is -0.469 e. The Kier molecular flexibility index (Phi) is 8.38. The van der Waals surface area contributed by atoms with E-state index in [0.717, 1.165) is 19.1 Å². The molecule has 0 saturated heterocycles. The third-order valence-electron chi connectivity index (χ3n) is 2.81. The Labute approximate surface area is 114 Å². The number of hydrogen-bond donors (Lipinski definition) is 0. The molecule has 0 fully saturated rings. The highest BCUT2D eigenvalue weighted by atomic mass is 32.2. The van der Waals surface area contributed by atoms with Gasteiger partial charge in [0.2, 0.25) is 0 Å². The molecule has 0 aromatic rings. The van der Waals surface area contributed by atoms with Crippen molar-refractivity contribution < 1.29 is 27.5 Å². The molecular weight excluding hydrogens is 272 g/mol. The Morgan fingerprint density at radius 2 is 1.58 bits per heavy atom. The van der Waals surface area contributed by atoms with Crippen molar-refractivity contribution in [1.82, 2.24) is 0 Å². The van der Waals surface area contributed by atoms with E-state index in [1.165, 1.54) is 14.2 Å². The zero-order valence-electron chi connectivity index (χ0n) is 11.7. The van der Waals surface area contributed by atoms with Gasteiger partial charge in [-0.25, -0.2) is 8.42 Å². The quantitative estimate of drug-likeness (QED) is 0.467. The van der Waals surface area contributed by atoms with Crippen LogP contribution >= 0.6 is 0 Å². The zero-order chi connectivity index (χ0) is 14.9. The number of methoxy groups -OCH3 is 2. The number of hydrogen-bond acceptors (Lipinski definition) is 6. The number of carbonyl (C=O) groups excluding carboxylic acids is 2. The van der Waals surface area contributed by atoms with Crippen LogP contribution in [0.3, 0.4) is 0 Å². The molecule has 112 valence electrons. The molecule has 1 atom stereocenters. The van der Waals surface area contributed by atoms with Crippen LogP contribution in [0.1, 0.15) is 38.5 Å². The second-order valence-corrected chi connectivity index (χ2v) is 6.60. The van der Waals surface area contributed by atoms with Crippen molar-refractivity contribution in [1.29, 1.82) is 0 Å². The monoisotopic (exact) mass is 294 g/mol. The molecule has 0 radical (unpaired) electrons. The molecule has 6 nitrogen and oxygen atoms in total. The Balaban J connectivity index is 3.96. The smallest absolute Gasteiger partial charge is 0.324 e. The first-order chi connectivity index (χ1) is 8.82. The molecule has 0 aliphatic heterocycles. The van der Waals surface area contributed by atoms with Crippen LogP contribution < -0.4 is 0 Å². The van der Waals surface area contributed by atoms with E-state index in [1.807, 2.05) is 0 Å². The van der Waals surface area contributed by atoms with Gasteiger partial charge in [0.1, 0.15) is 0 Å². The predicted octanol–water partition coefficient (Wildman–Crippen LogP) is 1.09. The summed E-state index contributed by atoms with van der Waals surface area (Å²) in [5, 5.41) is -1.09. The number of sulfone groups is 1. The van der Waals surface area contributed by atoms with Gasteiger partial charge in [0.05, 0.1) is 14.2 Å². The van der Waals surface area contributed by atoms with Crippen LogP contribution in [0.5, 0.6) is 0 Å². The lowest BCUT2D eigenvalue weighted by Gasteiger charge is -2.12. The fraction of sp³-hybridized carbons (Fsp3) is 0.833. The summed E-state index contributed by atoms with van der Waals surface area (Å²) in [5.74, 6) is -0.958. The summed E-state index contributed by atoms with van der Waals surface area (Å²) >= 11 is 0. The van der Waals surface area contributed by atoms with Crippen LogP contribution in [0.15, 0.2) is 0 Å². The molecule has 0 aliphatic carbocycles.